The Hall–Kier alpha value is -1.56. The average molecular weight is 276 g/mol. The third-order valence-corrected chi connectivity index (χ3v) is 2.77. The SMILES string of the molecule is CCOC(=O)C(CC)C(O)c1cc(F)c(F)cc1F. The molecule has 0 fully saturated rings. The number of carbonyl (C=O) groups excluding carboxylic acids is 1. The molecule has 0 aliphatic carbocycles. The van der Waals surface area contributed by atoms with Gasteiger partial charge >= 0.3 is 5.97 Å². The number of esters is 1. The molecule has 1 N–H and O–H groups in total. The first kappa shape index (κ1) is 15.5. The van der Waals surface area contributed by atoms with E-state index in [0.29, 0.717) is 12.1 Å². The van der Waals surface area contributed by atoms with Crippen molar-refractivity contribution in [2.45, 2.75) is 26.4 Å². The number of carbonyl (C=O) groups is 1. The van der Waals surface area contributed by atoms with Crippen molar-refractivity contribution in [2.24, 2.45) is 5.92 Å². The Morgan fingerprint density at radius 3 is 2.32 bits per heavy atom. The normalized spacial score (nSPS) is 14.0. The molecular weight excluding hydrogens is 261 g/mol. The minimum absolute atomic E-state index is 0.113. The standard InChI is InChI=1S/C13H15F3O3/c1-3-7(13(18)19-4-2)12(17)8-5-10(15)11(16)6-9(8)14/h5-7,12,17H,3-4H2,1-2H3. The van der Waals surface area contributed by atoms with Crippen molar-refractivity contribution in [2.75, 3.05) is 6.61 Å². The maximum Gasteiger partial charge on any atom is 0.311 e. The molecule has 19 heavy (non-hydrogen) atoms. The van der Waals surface area contributed by atoms with Gasteiger partial charge in [-0.3, -0.25) is 4.79 Å². The fraction of sp³-hybridized carbons (Fsp3) is 0.462. The molecule has 0 aliphatic rings. The summed E-state index contributed by atoms with van der Waals surface area (Å²) in [7, 11) is 0. The Morgan fingerprint density at radius 2 is 1.79 bits per heavy atom. The second kappa shape index (κ2) is 6.56. The lowest BCUT2D eigenvalue weighted by Crippen LogP contribution is -2.25. The van der Waals surface area contributed by atoms with Crippen LogP contribution in [0, 0.1) is 23.4 Å². The highest BCUT2D eigenvalue weighted by atomic mass is 19.2. The van der Waals surface area contributed by atoms with Crippen molar-refractivity contribution in [1.82, 2.24) is 0 Å². The van der Waals surface area contributed by atoms with Crippen LogP contribution in [0.3, 0.4) is 0 Å². The Morgan fingerprint density at radius 1 is 1.21 bits per heavy atom. The molecule has 0 heterocycles. The first-order valence-corrected chi connectivity index (χ1v) is 5.91. The van der Waals surface area contributed by atoms with Gasteiger partial charge in [-0.1, -0.05) is 6.92 Å². The summed E-state index contributed by atoms with van der Waals surface area (Å²) >= 11 is 0. The minimum atomic E-state index is -1.58. The highest BCUT2D eigenvalue weighted by Gasteiger charge is 2.30. The Labute approximate surface area is 109 Å². The van der Waals surface area contributed by atoms with Gasteiger partial charge in [-0.05, 0) is 19.4 Å². The third-order valence-electron chi connectivity index (χ3n) is 2.77. The first-order valence-electron chi connectivity index (χ1n) is 5.91. The average Bonchev–Trinajstić information content (AvgIpc) is 2.34. The molecule has 0 aromatic heterocycles. The van der Waals surface area contributed by atoms with E-state index in [1.165, 1.54) is 0 Å². The summed E-state index contributed by atoms with van der Waals surface area (Å²) in [6.07, 6.45) is -1.41. The lowest BCUT2D eigenvalue weighted by atomic mass is 9.93. The first-order chi connectivity index (χ1) is 8.92. The summed E-state index contributed by atoms with van der Waals surface area (Å²) in [5, 5.41) is 9.94. The Bertz CT molecular complexity index is 463. The number of aliphatic hydroxyl groups is 1. The molecule has 2 unspecified atom stereocenters. The van der Waals surface area contributed by atoms with Crippen LogP contribution < -0.4 is 0 Å². The molecule has 0 saturated carbocycles. The van der Waals surface area contributed by atoms with Crippen LogP contribution in [0.4, 0.5) is 13.2 Å². The van der Waals surface area contributed by atoms with Crippen LogP contribution in [-0.2, 0) is 9.53 Å². The minimum Gasteiger partial charge on any atom is -0.466 e. The summed E-state index contributed by atoms with van der Waals surface area (Å²) < 4.78 is 44.1. The van der Waals surface area contributed by atoms with Gasteiger partial charge in [0.25, 0.3) is 0 Å². The number of hydrogen-bond acceptors (Lipinski definition) is 3. The zero-order chi connectivity index (χ0) is 14.6. The molecule has 1 aromatic carbocycles. The Kier molecular flexibility index (Phi) is 5.35. The summed E-state index contributed by atoms with van der Waals surface area (Å²) in [6, 6.07) is 0.892. The largest absolute Gasteiger partial charge is 0.466 e. The monoisotopic (exact) mass is 276 g/mol. The van der Waals surface area contributed by atoms with Crippen molar-refractivity contribution in [3.05, 3.63) is 35.1 Å². The van der Waals surface area contributed by atoms with E-state index in [-0.39, 0.29) is 13.0 Å². The maximum atomic E-state index is 13.5. The molecule has 0 amide bonds. The van der Waals surface area contributed by atoms with Gasteiger partial charge in [0.2, 0.25) is 0 Å². The fourth-order valence-electron chi connectivity index (χ4n) is 1.75. The van der Waals surface area contributed by atoms with Crippen molar-refractivity contribution in [3.63, 3.8) is 0 Å². The second-order valence-corrected chi connectivity index (χ2v) is 4.00. The zero-order valence-corrected chi connectivity index (χ0v) is 10.6. The van der Waals surface area contributed by atoms with Crippen LogP contribution in [0.5, 0.6) is 0 Å². The highest BCUT2D eigenvalue weighted by molar-refractivity contribution is 5.73. The predicted molar refractivity (Wildman–Crippen MR) is 61.7 cm³/mol. The van der Waals surface area contributed by atoms with E-state index in [9.17, 15) is 23.1 Å². The predicted octanol–water partition coefficient (Wildman–Crippen LogP) is 2.73. The number of rotatable bonds is 5. The van der Waals surface area contributed by atoms with E-state index in [1.54, 1.807) is 13.8 Å². The number of halogens is 3. The molecular formula is C13H15F3O3. The molecule has 0 bridgehead atoms. The molecule has 0 spiro atoms. The van der Waals surface area contributed by atoms with Gasteiger partial charge in [0.05, 0.1) is 18.6 Å². The van der Waals surface area contributed by atoms with Crippen LogP contribution in [0.25, 0.3) is 0 Å². The van der Waals surface area contributed by atoms with Gasteiger partial charge in [0.15, 0.2) is 11.6 Å². The zero-order valence-electron chi connectivity index (χ0n) is 10.6. The van der Waals surface area contributed by atoms with Crippen LogP contribution in [0.2, 0.25) is 0 Å². The smallest absolute Gasteiger partial charge is 0.311 e. The summed E-state index contributed by atoms with van der Waals surface area (Å²) in [5.41, 5.74) is -0.459. The molecule has 2 atom stereocenters. The van der Waals surface area contributed by atoms with Crippen molar-refractivity contribution < 1.29 is 27.8 Å². The van der Waals surface area contributed by atoms with E-state index in [2.05, 4.69) is 0 Å². The molecule has 3 nitrogen and oxygen atoms in total. The van der Waals surface area contributed by atoms with E-state index in [0.717, 1.165) is 0 Å². The van der Waals surface area contributed by atoms with Crippen LogP contribution in [-0.4, -0.2) is 17.7 Å². The van der Waals surface area contributed by atoms with Crippen LogP contribution in [0.1, 0.15) is 31.9 Å². The number of benzene rings is 1. The second-order valence-electron chi connectivity index (χ2n) is 4.00. The maximum absolute atomic E-state index is 13.5. The number of hydrogen-bond donors (Lipinski definition) is 1. The quantitative estimate of drug-likeness (QED) is 0.664. The Balaban J connectivity index is 3.07. The van der Waals surface area contributed by atoms with Crippen molar-refractivity contribution in [1.29, 1.82) is 0 Å². The topological polar surface area (TPSA) is 46.5 Å². The van der Waals surface area contributed by atoms with Gasteiger partial charge in [-0.2, -0.15) is 0 Å². The van der Waals surface area contributed by atoms with Crippen molar-refractivity contribution in [3.8, 4) is 0 Å². The van der Waals surface area contributed by atoms with E-state index in [1.807, 2.05) is 0 Å². The number of ether oxygens (including phenoxy) is 1. The van der Waals surface area contributed by atoms with Gasteiger partial charge in [0, 0.05) is 11.6 Å². The molecule has 0 saturated heterocycles. The number of aliphatic hydroxyl groups excluding tert-OH is 1. The molecule has 0 aliphatic heterocycles. The highest BCUT2D eigenvalue weighted by Crippen LogP contribution is 2.29. The van der Waals surface area contributed by atoms with Gasteiger partial charge in [-0.25, -0.2) is 13.2 Å². The summed E-state index contributed by atoms with van der Waals surface area (Å²) in [5.74, 6) is -5.47. The lowest BCUT2D eigenvalue weighted by Gasteiger charge is -2.20. The summed E-state index contributed by atoms with van der Waals surface area (Å²) in [4.78, 5) is 11.6. The fourth-order valence-corrected chi connectivity index (χ4v) is 1.75. The lowest BCUT2D eigenvalue weighted by molar-refractivity contribution is -0.152. The van der Waals surface area contributed by atoms with Crippen LogP contribution >= 0.6 is 0 Å². The third kappa shape index (κ3) is 3.47. The molecule has 1 aromatic rings. The molecule has 6 heteroatoms. The van der Waals surface area contributed by atoms with Crippen LogP contribution in [0.15, 0.2) is 12.1 Å². The molecule has 0 radical (unpaired) electrons. The molecule has 1 rings (SSSR count). The van der Waals surface area contributed by atoms with E-state index < -0.39 is 41.0 Å². The van der Waals surface area contributed by atoms with E-state index >= 15 is 0 Å². The van der Waals surface area contributed by atoms with Gasteiger partial charge in [0.1, 0.15) is 5.82 Å². The molecule has 106 valence electrons. The van der Waals surface area contributed by atoms with E-state index in [4.69, 9.17) is 4.74 Å². The van der Waals surface area contributed by atoms with Crippen molar-refractivity contribution >= 4 is 5.97 Å². The van der Waals surface area contributed by atoms with Gasteiger partial charge < -0.3 is 9.84 Å². The van der Waals surface area contributed by atoms with Gasteiger partial charge in [-0.15, -0.1) is 0 Å². The summed E-state index contributed by atoms with van der Waals surface area (Å²) in [6.45, 7) is 3.31.